The Labute approximate surface area is 200 Å². The summed E-state index contributed by atoms with van der Waals surface area (Å²) in [4.78, 5) is 2.23. The van der Waals surface area contributed by atoms with E-state index in [1.54, 1.807) is 6.07 Å². The normalized spacial score (nSPS) is 16.9. The van der Waals surface area contributed by atoms with E-state index in [1.165, 1.54) is 6.07 Å². The molecule has 0 spiro atoms. The van der Waals surface area contributed by atoms with Crippen LogP contribution in [0.5, 0.6) is 11.5 Å². The first kappa shape index (κ1) is 25.7. The summed E-state index contributed by atoms with van der Waals surface area (Å²) in [5.41, 5.74) is 1.39. The van der Waals surface area contributed by atoms with Crippen LogP contribution in [0.15, 0.2) is 42.5 Å². The van der Waals surface area contributed by atoms with Crippen LogP contribution in [0.25, 0.3) is 0 Å². The van der Waals surface area contributed by atoms with E-state index < -0.39 is 23.4 Å². The third-order valence-corrected chi connectivity index (χ3v) is 6.35. The maximum absolute atomic E-state index is 14.6. The monoisotopic (exact) mass is 481 g/mol. The predicted molar refractivity (Wildman–Crippen MR) is 129 cm³/mol. The molecule has 0 aliphatic carbocycles. The molecule has 2 aromatic rings. The van der Waals surface area contributed by atoms with Crippen molar-refractivity contribution in [1.82, 2.24) is 10.2 Å². The van der Waals surface area contributed by atoms with Crippen LogP contribution < -0.4 is 14.8 Å². The number of nitrogens with zero attached hydrogens (tertiary/aromatic N) is 1. The maximum Gasteiger partial charge on any atom is 0.202 e. The summed E-state index contributed by atoms with van der Waals surface area (Å²) in [6, 6.07) is 12.6. The van der Waals surface area contributed by atoms with Gasteiger partial charge in [0.25, 0.3) is 0 Å². The third-order valence-electron chi connectivity index (χ3n) is 5.98. The Morgan fingerprint density at radius 1 is 1.09 bits per heavy atom. The van der Waals surface area contributed by atoms with Gasteiger partial charge in [0.15, 0.2) is 18.2 Å². The van der Waals surface area contributed by atoms with Gasteiger partial charge in [0, 0.05) is 38.1 Å². The van der Waals surface area contributed by atoms with E-state index in [2.05, 4.69) is 10.2 Å². The van der Waals surface area contributed by atoms with Crippen LogP contribution in [0.2, 0.25) is 0 Å². The number of aliphatic hydroxyl groups excluding tert-OH is 1. The second-order valence-electron chi connectivity index (χ2n) is 8.97. The Morgan fingerprint density at radius 2 is 1.76 bits per heavy atom. The van der Waals surface area contributed by atoms with E-state index in [0.717, 1.165) is 37.3 Å². The first-order chi connectivity index (χ1) is 15.8. The zero-order chi connectivity index (χ0) is 23.8. The minimum atomic E-state index is -0.592. The van der Waals surface area contributed by atoms with Crippen molar-refractivity contribution in [3.63, 3.8) is 0 Å². The second kappa shape index (κ2) is 12.0. The van der Waals surface area contributed by atoms with Crippen molar-refractivity contribution < 1.29 is 24.1 Å². The summed E-state index contributed by atoms with van der Waals surface area (Å²) in [7, 11) is 0. The highest BCUT2D eigenvalue weighted by atomic mass is 35.5. The molecule has 2 unspecified atom stereocenters. The zero-order valence-corrected chi connectivity index (χ0v) is 20.1. The van der Waals surface area contributed by atoms with Crippen molar-refractivity contribution in [3.05, 3.63) is 59.4 Å². The van der Waals surface area contributed by atoms with Crippen molar-refractivity contribution in [1.29, 1.82) is 0 Å². The number of alkyl halides is 1. The molecular weight excluding hydrogens is 447 g/mol. The standard InChI is InChI=1S/C25H34ClFN2O4/c1-25(2,19-5-8-24(23(27)13-19)33-16-20(30)14-26)18-3-6-22(7-4-18)32-17-21(31)15-29-11-9-28-10-12-29/h3-8,13,20-21,28,30-31H,9-12,14-17H2,1-2H3/p+1. The fourth-order valence-corrected chi connectivity index (χ4v) is 3.90. The molecule has 2 aromatic carbocycles. The van der Waals surface area contributed by atoms with Crippen molar-refractivity contribution in [2.24, 2.45) is 0 Å². The van der Waals surface area contributed by atoms with E-state index in [4.69, 9.17) is 26.2 Å². The molecule has 1 fully saturated rings. The minimum absolute atomic E-state index is 0.0502. The van der Waals surface area contributed by atoms with Gasteiger partial charge >= 0.3 is 0 Å². The lowest BCUT2D eigenvalue weighted by molar-refractivity contribution is 0.0641. The lowest BCUT2D eigenvalue weighted by Gasteiger charge is -2.29. The number of β-amino-alcohol motifs (C(OH)–C–C–N with tert-alkyl or cyclic N) is 1. The number of aliphatic hydroxyl groups is 1. The largest absolute Gasteiger partial charge is 0.491 e. The van der Waals surface area contributed by atoms with E-state index in [9.17, 15) is 9.50 Å². The fraction of sp³-hybridized carbons (Fsp3) is 0.520. The molecule has 1 saturated heterocycles. The van der Waals surface area contributed by atoms with E-state index in [0.29, 0.717) is 12.3 Å². The molecule has 0 radical (unpaired) electrons. The molecule has 3 rings (SSSR count). The van der Waals surface area contributed by atoms with Crippen LogP contribution >= 0.6 is 11.6 Å². The Kier molecular flexibility index (Phi) is 9.35. The molecule has 0 bridgehead atoms. The number of rotatable bonds is 11. The number of ether oxygens (including phenoxy) is 2. The molecule has 6 nitrogen and oxygen atoms in total. The van der Waals surface area contributed by atoms with Crippen molar-refractivity contribution in [2.75, 3.05) is 51.8 Å². The van der Waals surface area contributed by atoms with Crippen LogP contribution in [0.1, 0.15) is 25.0 Å². The first-order valence-corrected chi connectivity index (χ1v) is 11.9. The number of nitrogens with one attached hydrogen (secondary N) is 1. The highest BCUT2D eigenvalue weighted by Gasteiger charge is 2.25. The molecule has 1 aliphatic rings. The number of hydrogen-bond donors (Lipinski definition) is 2. The molecule has 182 valence electrons. The summed E-state index contributed by atoms with van der Waals surface area (Å²) in [6.45, 7) is 8.72. The van der Waals surface area contributed by atoms with Gasteiger partial charge in [-0.2, -0.15) is 0 Å². The van der Waals surface area contributed by atoms with E-state index >= 15 is 0 Å². The molecule has 8 heteroatoms. The Bertz CT molecular complexity index is 875. The van der Waals surface area contributed by atoms with E-state index in [1.807, 2.05) is 44.2 Å². The van der Waals surface area contributed by atoms with Gasteiger partial charge < -0.3 is 25.0 Å². The topological polar surface area (TPSA) is 76.9 Å². The van der Waals surface area contributed by atoms with Crippen LogP contribution in [0, 0.1) is 5.82 Å². The van der Waals surface area contributed by atoms with Crippen molar-refractivity contribution >= 4 is 11.6 Å². The highest BCUT2D eigenvalue weighted by Crippen LogP contribution is 2.34. The Morgan fingerprint density at radius 3 is 2.39 bits per heavy atom. The summed E-state index contributed by atoms with van der Waals surface area (Å²) in [5.74, 6) is 0.496. The van der Waals surface area contributed by atoms with Gasteiger partial charge in [0.05, 0.1) is 5.88 Å². The SMILES string of the molecule is CC(C)(c1ccc(OCC(O)CN2CCNCC2)cc1)c1ccc(OCC([OH2+])CCl)c(F)c1. The number of piperazine rings is 1. The van der Waals surface area contributed by atoms with Crippen LogP contribution in [0.3, 0.4) is 0 Å². The van der Waals surface area contributed by atoms with Crippen LogP contribution in [-0.4, -0.2) is 79.1 Å². The number of halogens is 2. The molecular formula is C25H35ClFN2O4+. The van der Waals surface area contributed by atoms with Crippen LogP contribution in [0.4, 0.5) is 4.39 Å². The van der Waals surface area contributed by atoms with Gasteiger partial charge in [-0.1, -0.05) is 32.0 Å². The van der Waals surface area contributed by atoms with Gasteiger partial charge in [0.1, 0.15) is 18.5 Å². The Balaban J connectivity index is 1.57. The number of hydrogen-bond acceptors (Lipinski definition) is 5. The second-order valence-corrected chi connectivity index (χ2v) is 9.28. The first-order valence-electron chi connectivity index (χ1n) is 11.3. The van der Waals surface area contributed by atoms with Gasteiger partial charge in [-0.3, -0.25) is 4.90 Å². The maximum atomic E-state index is 14.6. The average molecular weight is 482 g/mol. The average Bonchev–Trinajstić information content (AvgIpc) is 2.82. The Hall–Kier alpha value is -1.90. The van der Waals surface area contributed by atoms with Gasteiger partial charge in [-0.25, -0.2) is 4.39 Å². The smallest absolute Gasteiger partial charge is 0.202 e. The summed E-state index contributed by atoms with van der Waals surface area (Å²) < 4.78 is 25.8. The lowest BCUT2D eigenvalue weighted by atomic mass is 9.78. The summed E-state index contributed by atoms with van der Waals surface area (Å²) >= 11 is 5.61. The zero-order valence-electron chi connectivity index (χ0n) is 19.3. The van der Waals surface area contributed by atoms with Gasteiger partial charge in [0.2, 0.25) is 6.10 Å². The van der Waals surface area contributed by atoms with E-state index in [-0.39, 0.29) is 24.8 Å². The summed E-state index contributed by atoms with van der Waals surface area (Å²) in [5, 5.41) is 21.2. The molecule has 1 aliphatic heterocycles. The molecule has 1 heterocycles. The molecule has 33 heavy (non-hydrogen) atoms. The number of benzene rings is 2. The fourth-order valence-electron chi connectivity index (χ4n) is 3.81. The minimum Gasteiger partial charge on any atom is -0.491 e. The lowest BCUT2D eigenvalue weighted by Crippen LogP contribution is -2.47. The van der Waals surface area contributed by atoms with Crippen molar-refractivity contribution in [2.45, 2.75) is 31.5 Å². The molecule has 4 N–H and O–H groups in total. The molecule has 0 aromatic heterocycles. The summed E-state index contributed by atoms with van der Waals surface area (Å²) in [6.07, 6.45) is -1.14. The van der Waals surface area contributed by atoms with Gasteiger partial charge in [-0.15, -0.1) is 11.6 Å². The van der Waals surface area contributed by atoms with Crippen molar-refractivity contribution in [3.8, 4) is 11.5 Å². The molecule has 0 saturated carbocycles. The quantitative estimate of drug-likeness (QED) is 0.381. The van der Waals surface area contributed by atoms with Gasteiger partial charge in [-0.05, 0) is 35.4 Å². The highest BCUT2D eigenvalue weighted by molar-refractivity contribution is 6.18. The molecule has 2 atom stereocenters. The molecule has 0 amide bonds. The predicted octanol–water partition coefficient (Wildman–Crippen LogP) is 2.51. The van der Waals surface area contributed by atoms with Crippen LogP contribution in [-0.2, 0) is 5.41 Å². The third kappa shape index (κ3) is 7.29.